The third-order valence-electron chi connectivity index (χ3n) is 3.99. The van der Waals surface area contributed by atoms with Gasteiger partial charge in [-0.1, -0.05) is 26.0 Å². The lowest BCUT2D eigenvalue weighted by Gasteiger charge is -2.20. The van der Waals surface area contributed by atoms with Crippen molar-refractivity contribution in [2.45, 2.75) is 33.1 Å². The van der Waals surface area contributed by atoms with E-state index >= 15 is 0 Å². The Morgan fingerprint density at radius 3 is 3.09 bits per heavy atom. The van der Waals surface area contributed by atoms with Crippen molar-refractivity contribution in [3.05, 3.63) is 29.3 Å². The van der Waals surface area contributed by atoms with Gasteiger partial charge in [-0.3, -0.25) is 4.99 Å². The molecule has 118 valence electrons. The number of anilines is 1. The first kappa shape index (κ1) is 14.9. The number of hydrogen-bond donors (Lipinski definition) is 1. The molecule has 1 aliphatic heterocycles. The Hall–Kier alpha value is -2.04. The number of ether oxygens (including phenoxy) is 1. The van der Waals surface area contributed by atoms with Gasteiger partial charge in [0.05, 0.1) is 19.7 Å². The van der Waals surface area contributed by atoms with Crippen molar-refractivity contribution in [2.75, 3.05) is 25.0 Å². The van der Waals surface area contributed by atoms with Crippen LogP contribution in [0, 0.1) is 5.92 Å². The third kappa shape index (κ3) is 3.08. The number of carbonyl (C=O) groups excluding carboxylic acids is 1. The second-order valence-corrected chi connectivity index (χ2v) is 6.25. The van der Waals surface area contributed by atoms with Gasteiger partial charge in [-0.15, -0.1) is 0 Å². The van der Waals surface area contributed by atoms with Crippen LogP contribution in [0.4, 0.5) is 10.5 Å². The largest absolute Gasteiger partial charge is 0.449 e. The number of carbonyl (C=O) groups is 1. The van der Waals surface area contributed by atoms with Crippen LogP contribution in [0.5, 0.6) is 0 Å². The highest BCUT2D eigenvalue weighted by molar-refractivity contribution is 6.03. The van der Waals surface area contributed by atoms with Crippen LogP contribution in [0.25, 0.3) is 0 Å². The Kier molecular flexibility index (Phi) is 4.32. The van der Waals surface area contributed by atoms with Crippen molar-refractivity contribution in [2.24, 2.45) is 10.9 Å². The summed E-state index contributed by atoms with van der Waals surface area (Å²) in [6, 6.07) is 6.30. The zero-order valence-corrected chi connectivity index (χ0v) is 13.3. The number of fused-ring (bicyclic) bond motifs is 1. The van der Waals surface area contributed by atoms with Crippen LogP contribution < -0.4 is 5.32 Å². The molecule has 1 aromatic rings. The van der Waals surface area contributed by atoms with Crippen molar-refractivity contribution in [1.29, 1.82) is 0 Å². The van der Waals surface area contributed by atoms with E-state index in [4.69, 9.17) is 4.74 Å². The summed E-state index contributed by atoms with van der Waals surface area (Å²) < 4.78 is 5.31. The number of guanidine groups is 1. The van der Waals surface area contributed by atoms with E-state index in [0.717, 1.165) is 18.5 Å². The van der Waals surface area contributed by atoms with Crippen LogP contribution in [0.15, 0.2) is 23.2 Å². The highest BCUT2D eigenvalue weighted by Crippen LogP contribution is 2.29. The second-order valence-electron chi connectivity index (χ2n) is 6.25. The smallest absolute Gasteiger partial charge is 0.416 e. The molecule has 0 aromatic heterocycles. The van der Waals surface area contributed by atoms with Crippen molar-refractivity contribution in [3.63, 3.8) is 0 Å². The molecule has 22 heavy (non-hydrogen) atoms. The van der Waals surface area contributed by atoms with Crippen molar-refractivity contribution in [1.82, 2.24) is 4.90 Å². The van der Waals surface area contributed by atoms with Gasteiger partial charge in [0.15, 0.2) is 0 Å². The summed E-state index contributed by atoms with van der Waals surface area (Å²) >= 11 is 0. The quantitative estimate of drug-likeness (QED) is 0.933. The summed E-state index contributed by atoms with van der Waals surface area (Å²) in [4.78, 5) is 18.2. The molecule has 2 aliphatic rings. The van der Waals surface area contributed by atoms with Gasteiger partial charge >= 0.3 is 6.09 Å². The number of rotatable bonds is 3. The molecule has 0 fully saturated rings. The predicted octanol–water partition coefficient (Wildman–Crippen LogP) is 3.05. The van der Waals surface area contributed by atoms with E-state index in [2.05, 4.69) is 28.5 Å². The average molecular weight is 301 g/mol. The van der Waals surface area contributed by atoms with Crippen LogP contribution in [0.1, 0.15) is 31.4 Å². The van der Waals surface area contributed by atoms with Crippen LogP contribution in [0.3, 0.4) is 0 Å². The first-order chi connectivity index (χ1) is 10.6. The van der Waals surface area contributed by atoms with Crippen molar-refractivity contribution >= 4 is 17.7 Å². The van der Waals surface area contributed by atoms with E-state index in [-0.39, 0.29) is 6.09 Å². The maximum Gasteiger partial charge on any atom is 0.416 e. The van der Waals surface area contributed by atoms with Crippen LogP contribution >= 0.6 is 0 Å². The monoisotopic (exact) mass is 301 g/mol. The van der Waals surface area contributed by atoms with Gasteiger partial charge in [0.1, 0.15) is 0 Å². The highest BCUT2D eigenvalue weighted by atomic mass is 16.6. The lowest BCUT2D eigenvalue weighted by atomic mass is 10.1. The number of aryl methyl sites for hydroxylation is 1. The molecule has 0 saturated heterocycles. The number of hydrogen-bond acceptors (Lipinski definition) is 4. The lowest BCUT2D eigenvalue weighted by molar-refractivity contribution is 0.113. The summed E-state index contributed by atoms with van der Waals surface area (Å²) in [6.45, 7) is 5.68. The number of benzene rings is 1. The fourth-order valence-corrected chi connectivity index (χ4v) is 2.91. The standard InChI is InChI=1S/C17H23N3O2/c1-12(2)11-22-17(21)20-10-9-18-16(20)19-15-8-4-6-13-5-3-7-14(13)15/h4,6,8,12H,3,5,7,9-11H2,1-2H3,(H,18,19). The van der Waals surface area contributed by atoms with Gasteiger partial charge in [-0.05, 0) is 42.4 Å². The van der Waals surface area contributed by atoms with Crippen LogP contribution in [0.2, 0.25) is 0 Å². The molecular formula is C17H23N3O2. The van der Waals surface area contributed by atoms with Gasteiger partial charge in [-0.25, -0.2) is 9.69 Å². The SMILES string of the molecule is CC(C)COC(=O)N1CCN=C1Nc1cccc2c1CCC2. The summed E-state index contributed by atoms with van der Waals surface area (Å²) in [7, 11) is 0. The Bertz CT molecular complexity index is 596. The number of nitrogens with zero attached hydrogens (tertiary/aromatic N) is 2. The molecule has 1 amide bonds. The molecule has 5 nitrogen and oxygen atoms in total. The molecule has 0 saturated carbocycles. The Morgan fingerprint density at radius 1 is 1.41 bits per heavy atom. The van der Waals surface area contributed by atoms with Crippen molar-refractivity contribution < 1.29 is 9.53 Å². The number of nitrogens with one attached hydrogen (secondary N) is 1. The van der Waals surface area contributed by atoms with Crippen molar-refractivity contribution in [3.8, 4) is 0 Å². The summed E-state index contributed by atoms with van der Waals surface area (Å²) in [6.07, 6.45) is 3.10. The average Bonchev–Trinajstić information content (AvgIpc) is 3.14. The van der Waals surface area contributed by atoms with E-state index in [9.17, 15) is 4.79 Å². The molecular weight excluding hydrogens is 278 g/mol. The summed E-state index contributed by atoms with van der Waals surface area (Å²) in [5, 5.41) is 3.33. The first-order valence-electron chi connectivity index (χ1n) is 8.01. The van der Waals surface area contributed by atoms with Gasteiger partial charge in [0.2, 0.25) is 5.96 Å². The third-order valence-corrected chi connectivity index (χ3v) is 3.99. The van der Waals surface area contributed by atoms with Crippen LogP contribution in [-0.2, 0) is 17.6 Å². The van der Waals surface area contributed by atoms with E-state index < -0.39 is 0 Å². The molecule has 0 atom stereocenters. The fraction of sp³-hybridized carbons (Fsp3) is 0.529. The highest BCUT2D eigenvalue weighted by Gasteiger charge is 2.26. The fourth-order valence-electron chi connectivity index (χ4n) is 2.91. The zero-order chi connectivity index (χ0) is 15.5. The maximum absolute atomic E-state index is 12.2. The molecule has 1 N–H and O–H groups in total. The zero-order valence-electron chi connectivity index (χ0n) is 13.3. The molecule has 3 rings (SSSR count). The molecule has 1 aliphatic carbocycles. The molecule has 5 heteroatoms. The Balaban J connectivity index is 1.69. The molecule has 0 radical (unpaired) electrons. The van der Waals surface area contributed by atoms with E-state index in [0.29, 0.717) is 31.6 Å². The van der Waals surface area contributed by atoms with E-state index in [1.165, 1.54) is 17.5 Å². The second kappa shape index (κ2) is 6.38. The summed E-state index contributed by atoms with van der Waals surface area (Å²) in [5.74, 6) is 0.936. The Morgan fingerprint density at radius 2 is 2.27 bits per heavy atom. The number of aliphatic imine (C=N–C) groups is 1. The maximum atomic E-state index is 12.2. The summed E-state index contributed by atoms with van der Waals surface area (Å²) in [5.41, 5.74) is 3.82. The van der Waals surface area contributed by atoms with Gasteiger partial charge < -0.3 is 10.1 Å². The van der Waals surface area contributed by atoms with Crippen LogP contribution in [-0.4, -0.2) is 36.6 Å². The predicted molar refractivity (Wildman–Crippen MR) is 87.3 cm³/mol. The minimum atomic E-state index is -0.315. The lowest BCUT2D eigenvalue weighted by Crippen LogP contribution is -2.39. The molecule has 1 aromatic carbocycles. The molecule has 0 bridgehead atoms. The Labute approximate surface area is 131 Å². The topological polar surface area (TPSA) is 53.9 Å². The van der Waals surface area contributed by atoms with E-state index in [1.54, 1.807) is 4.90 Å². The molecule has 0 spiro atoms. The van der Waals surface area contributed by atoms with E-state index in [1.807, 2.05) is 13.8 Å². The normalized spacial score (nSPS) is 16.7. The minimum Gasteiger partial charge on any atom is -0.449 e. The van der Waals surface area contributed by atoms with Gasteiger partial charge in [-0.2, -0.15) is 0 Å². The molecule has 1 heterocycles. The van der Waals surface area contributed by atoms with Gasteiger partial charge in [0, 0.05) is 5.69 Å². The minimum absolute atomic E-state index is 0.315. The van der Waals surface area contributed by atoms with Gasteiger partial charge in [0.25, 0.3) is 0 Å². The first-order valence-corrected chi connectivity index (χ1v) is 8.01. The number of amides is 1. The molecule has 0 unspecified atom stereocenters.